The molecular weight excluding hydrogens is 357 g/mol. The molecular formula is C20H38BNO4Si. The van der Waals surface area contributed by atoms with Crippen molar-refractivity contribution in [1.29, 1.82) is 0 Å². The predicted octanol–water partition coefficient (Wildman–Crippen LogP) is 4.97. The first kappa shape index (κ1) is 22.7. The van der Waals surface area contributed by atoms with Crippen molar-refractivity contribution in [2.24, 2.45) is 0 Å². The summed E-state index contributed by atoms with van der Waals surface area (Å²) >= 11 is 0. The van der Waals surface area contributed by atoms with Crippen molar-refractivity contribution in [3.05, 3.63) is 11.5 Å². The molecule has 0 atom stereocenters. The molecule has 0 bridgehead atoms. The van der Waals surface area contributed by atoms with E-state index in [0.29, 0.717) is 23.2 Å². The van der Waals surface area contributed by atoms with Crippen LogP contribution in [0.1, 0.15) is 80.7 Å². The number of aryl methyl sites for hydroxylation is 1. The van der Waals surface area contributed by atoms with Crippen molar-refractivity contribution in [3.63, 3.8) is 0 Å². The molecule has 2 rings (SSSR count). The molecule has 0 aromatic carbocycles. The van der Waals surface area contributed by atoms with Gasteiger partial charge in [-0.25, -0.2) is 0 Å². The lowest BCUT2D eigenvalue weighted by Crippen LogP contribution is -2.48. The molecule has 5 nitrogen and oxygen atoms in total. The SMILES string of the molecule is Cc1onc(CO[Si](C(C)C)(C(C)C)C(C)C)c1B1OC(C)(C)C(C)(C)O1. The molecule has 2 heterocycles. The van der Waals surface area contributed by atoms with E-state index in [9.17, 15) is 0 Å². The van der Waals surface area contributed by atoms with Gasteiger partial charge in [0, 0.05) is 0 Å². The summed E-state index contributed by atoms with van der Waals surface area (Å²) in [4.78, 5) is 0. The average Bonchev–Trinajstić information content (AvgIpc) is 2.95. The Balaban J connectivity index is 2.30. The quantitative estimate of drug-likeness (QED) is 0.610. The van der Waals surface area contributed by atoms with E-state index in [2.05, 4.69) is 74.4 Å². The van der Waals surface area contributed by atoms with Crippen LogP contribution in [0.2, 0.25) is 16.6 Å². The van der Waals surface area contributed by atoms with Crippen molar-refractivity contribution in [2.45, 2.75) is 111 Å². The van der Waals surface area contributed by atoms with E-state index in [-0.39, 0.29) is 0 Å². The minimum absolute atomic E-state index is 0.397. The first-order valence-corrected chi connectivity index (χ1v) is 12.3. The lowest BCUT2D eigenvalue weighted by molar-refractivity contribution is 0.00578. The van der Waals surface area contributed by atoms with Crippen LogP contribution in [0.15, 0.2) is 4.52 Å². The molecule has 27 heavy (non-hydrogen) atoms. The fourth-order valence-electron chi connectivity index (χ4n) is 4.49. The molecule has 1 fully saturated rings. The molecule has 1 aliphatic heterocycles. The van der Waals surface area contributed by atoms with E-state index in [4.69, 9.17) is 18.3 Å². The van der Waals surface area contributed by atoms with Crippen LogP contribution in [0.3, 0.4) is 0 Å². The summed E-state index contributed by atoms with van der Waals surface area (Å²) in [5.41, 5.74) is 2.44. The van der Waals surface area contributed by atoms with Crippen molar-refractivity contribution in [3.8, 4) is 0 Å². The topological polar surface area (TPSA) is 53.7 Å². The molecule has 0 amide bonds. The molecule has 7 heteroatoms. The van der Waals surface area contributed by atoms with Gasteiger partial charge in [-0.3, -0.25) is 0 Å². The Bertz CT molecular complexity index is 617. The zero-order valence-corrected chi connectivity index (χ0v) is 20.1. The highest BCUT2D eigenvalue weighted by Crippen LogP contribution is 2.43. The van der Waals surface area contributed by atoms with E-state index in [1.54, 1.807) is 0 Å². The lowest BCUT2D eigenvalue weighted by Gasteiger charge is -2.42. The van der Waals surface area contributed by atoms with Gasteiger partial charge in [-0.05, 0) is 51.2 Å². The lowest BCUT2D eigenvalue weighted by atomic mass is 9.77. The molecule has 154 valence electrons. The van der Waals surface area contributed by atoms with Gasteiger partial charge in [0.15, 0.2) is 0 Å². The highest BCUT2D eigenvalue weighted by atomic mass is 28.4. The zero-order chi connectivity index (χ0) is 20.8. The van der Waals surface area contributed by atoms with Crippen LogP contribution in [-0.4, -0.2) is 31.8 Å². The summed E-state index contributed by atoms with van der Waals surface area (Å²) in [6, 6.07) is 0. The summed E-state index contributed by atoms with van der Waals surface area (Å²) < 4.78 is 24.7. The smallest absolute Gasteiger partial charge is 0.410 e. The zero-order valence-electron chi connectivity index (χ0n) is 19.1. The monoisotopic (exact) mass is 395 g/mol. The molecule has 0 saturated carbocycles. The van der Waals surface area contributed by atoms with Gasteiger partial charge >= 0.3 is 7.12 Å². The highest BCUT2D eigenvalue weighted by Gasteiger charge is 2.54. The normalized spacial score (nSPS) is 19.7. The van der Waals surface area contributed by atoms with Crippen molar-refractivity contribution < 1.29 is 18.3 Å². The Morgan fingerprint density at radius 2 is 1.37 bits per heavy atom. The van der Waals surface area contributed by atoms with E-state index in [1.807, 2.05) is 6.92 Å². The third kappa shape index (κ3) is 3.93. The van der Waals surface area contributed by atoms with Gasteiger partial charge in [-0.2, -0.15) is 0 Å². The van der Waals surface area contributed by atoms with Crippen LogP contribution in [0, 0.1) is 6.92 Å². The minimum Gasteiger partial charge on any atom is -0.410 e. The van der Waals surface area contributed by atoms with Gasteiger partial charge < -0.3 is 18.3 Å². The van der Waals surface area contributed by atoms with Crippen molar-refractivity contribution in [1.82, 2.24) is 5.16 Å². The summed E-state index contributed by atoms with van der Waals surface area (Å²) in [6.07, 6.45) is 0. The maximum atomic E-state index is 6.72. The van der Waals surface area contributed by atoms with Crippen LogP contribution in [-0.2, 0) is 20.3 Å². The fraction of sp³-hybridized carbons (Fsp3) is 0.850. The van der Waals surface area contributed by atoms with Crippen LogP contribution in [0.25, 0.3) is 0 Å². The fourth-order valence-corrected chi connectivity index (χ4v) is 9.87. The van der Waals surface area contributed by atoms with Gasteiger partial charge in [-0.15, -0.1) is 0 Å². The standard InChI is InChI=1S/C20H38BNO4Si/c1-13(2)27(14(3)4,15(5)6)23-12-17-18(16(7)24-22-17)21-25-19(8,9)20(10,11)26-21/h13-15H,12H2,1-11H3. The number of nitrogens with zero attached hydrogens (tertiary/aromatic N) is 1. The van der Waals surface area contributed by atoms with Crippen molar-refractivity contribution in [2.75, 3.05) is 0 Å². The first-order valence-electron chi connectivity index (χ1n) is 10.2. The van der Waals surface area contributed by atoms with Crippen LogP contribution >= 0.6 is 0 Å². The predicted molar refractivity (Wildman–Crippen MR) is 113 cm³/mol. The number of rotatable bonds is 7. The second kappa shape index (κ2) is 7.65. The number of hydrogen-bond donors (Lipinski definition) is 0. The van der Waals surface area contributed by atoms with Gasteiger partial charge in [0.2, 0.25) is 8.32 Å². The molecule has 0 unspecified atom stereocenters. The Morgan fingerprint density at radius 3 is 1.78 bits per heavy atom. The summed E-state index contributed by atoms with van der Waals surface area (Å²) in [5.74, 6) is 0.734. The number of hydrogen-bond acceptors (Lipinski definition) is 5. The average molecular weight is 395 g/mol. The maximum absolute atomic E-state index is 6.72. The van der Waals surface area contributed by atoms with Crippen LogP contribution < -0.4 is 5.46 Å². The molecule has 1 aromatic rings. The molecule has 0 N–H and O–H groups in total. The van der Waals surface area contributed by atoms with E-state index < -0.39 is 26.6 Å². The summed E-state index contributed by atoms with van der Waals surface area (Å²) in [5, 5.41) is 4.30. The maximum Gasteiger partial charge on any atom is 0.500 e. The Labute approximate surface area is 166 Å². The largest absolute Gasteiger partial charge is 0.500 e. The second-order valence-corrected chi connectivity index (χ2v) is 15.3. The van der Waals surface area contributed by atoms with Gasteiger partial charge in [0.05, 0.1) is 23.3 Å². The van der Waals surface area contributed by atoms with E-state index in [1.165, 1.54) is 0 Å². The number of aromatic nitrogens is 1. The minimum atomic E-state index is -1.98. The first-order chi connectivity index (χ1) is 12.3. The molecule has 1 saturated heterocycles. The van der Waals surface area contributed by atoms with Crippen LogP contribution in [0.5, 0.6) is 0 Å². The van der Waals surface area contributed by atoms with Gasteiger partial charge in [-0.1, -0.05) is 46.7 Å². The Hall–Kier alpha value is -0.628. The molecule has 0 aliphatic carbocycles. The van der Waals surface area contributed by atoms with Crippen molar-refractivity contribution >= 4 is 20.9 Å². The second-order valence-electron chi connectivity index (χ2n) is 9.79. The van der Waals surface area contributed by atoms with E-state index in [0.717, 1.165) is 16.9 Å². The highest BCUT2D eigenvalue weighted by molar-refractivity contribution is 6.77. The van der Waals surface area contributed by atoms with Gasteiger partial charge in [0.25, 0.3) is 0 Å². The van der Waals surface area contributed by atoms with Gasteiger partial charge in [0.1, 0.15) is 11.5 Å². The van der Waals surface area contributed by atoms with E-state index >= 15 is 0 Å². The molecule has 1 aliphatic rings. The van der Waals surface area contributed by atoms with Crippen LogP contribution in [0.4, 0.5) is 0 Å². The molecule has 1 aromatic heterocycles. The summed E-state index contributed by atoms with van der Waals surface area (Å²) in [7, 11) is -2.46. The molecule has 0 spiro atoms. The third-order valence-corrected chi connectivity index (χ3v) is 12.7. The Kier molecular flexibility index (Phi) is 6.42. The Morgan fingerprint density at radius 1 is 0.926 bits per heavy atom. The molecule has 0 radical (unpaired) electrons. The summed E-state index contributed by atoms with van der Waals surface area (Å²) in [6.45, 7) is 24.3. The third-order valence-electron chi connectivity index (χ3n) is 6.64.